The second-order valence-electron chi connectivity index (χ2n) is 6.63. The molecule has 0 aliphatic heterocycles. The monoisotopic (exact) mass is 445 g/mol. The van der Waals surface area contributed by atoms with Crippen molar-refractivity contribution in [3.8, 4) is 11.3 Å². The zero-order valence-corrected chi connectivity index (χ0v) is 18.1. The van der Waals surface area contributed by atoms with Crippen molar-refractivity contribution in [2.75, 3.05) is 0 Å². The molecule has 0 bridgehead atoms. The number of benzene rings is 2. The minimum atomic E-state index is 0. The normalized spacial score (nSPS) is 11.2. The van der Waals surface area contributed by atoms with E-state index in [2.05, 4.69) is 39.2 Å². The summed E-state index contributed by atoms with van der Waals surface area (Å²) < 4.78 is 0. The maximum atomic E-state index is 4.93. The van der Waals surface area contributed by atoms with E-state index in [1.807, 2.05) is 42.5 Å². The summed E-state index contributed by atoms with van der Waals surface area (Å²) in [5.41, 5.74) is 5.05. The first-order valence-electron chi connectivity index (χ1n) is 9.00. The molecular formula is C24H12N4Y-2. The molecule has 0 aliphatic rings. The summed E-state index contributed by atoms with van der Waals surface area (Å²) in [6.07, 6.45) is 5.37. The van der Waals surface area contributed by atoms with Gasteiger partial charge in [-0.05, 0) is 6.07 Å². The fourth-order valence-corrected chi connectivity index (χ4v) is 3.68. The SMILES string of the molecule is [Y].[c-]1cc2ccc3cccnc3c2nc1-c1[c-]c2cccnc2c2ncccc12. The van der Waals surface area contributed by atoms with Gasteiger partial charge in [0.2, 0.25) is 0 Å². The standard InChI is InChI=1S/C24H12N4.Y/c1-4-15-7-8-16-9-10-20(28-23(16)21(15)25-11-1)19-14-17-5-2-12-26-22(17)24-18(19)6-3-13-27-24;/h1-9,11-13H;/q-2;. The molecule has 6 aromatic rings. The van der Waals surface area contributed by atoms with Crippen molar-refractivity contribution in [3.63, 3.8) is 0 Å². The first-order chi connectivity index (χ1) is 13.9. The summed E-state index contributed by atoms with van der Waals surface area (Å²) >= 11 is 0. The number of nitrogens with zero attached hydrogens (tertiary/aromatic N) is 4. The molecule has 0 atom stereocenters. The summed E-state index contributed by atoms with van der Waals surface area (Å²) in [4.78, 5) is 18.6. The Hall–Kier alpha value is -2.82. The molecule has 0 fully saturated rings. The quantitative estimate of drug-likeness (QED) is 0.260. The van der Waals surface area contributed by atoms with Crippen LogP contribution in [-0.4, -0.2) is 19.9 Å². The van der Waals surface area contributed by atoms with Crippen molar-refractivity contribution >= 4 is 43.6 Å². The Kier molecular flexibility index (Phi) is 4.53. The van der Waals surface area contributed by atoms with E-state index >= 15 is 0 Å². The van der Waals surface area contributed by atoms with Crippen LogP contribution in [0.4, 0.5) is 0 Å². The van der Waals surface area contributed by atoms with Crippen LogP contribution in [0.2, 0.25) is 0 Å². The van der Waals surface area contributed by atoms with Gasteiger partial charge in [0.15, 0.2) is 0 Å². The number of hydrogen-bond donors (Lipinski definition) is 0. The maximum Gasteiger partial charge on any atom is 0.0831 e. The molecule has 1 radical (unpaired) electrons. The van der Waals surface area contributed by atoms with E-state index in [9.17, 15) is 0 Å². The summed E-state index contributed by atoms with van der Waals surface area (Å²) in [6, 6.07) is 24.7. The van der Waals surface area contributed by atoms with E-state index in [1.165, 1.54) is 0 Å². The Morgan fingerprint density at radius 3 is 2.28 bits per heavy atom. The molecule has 4 aromatic heterocycles. The Bertz CT molecular complexity index is 1530. The third kappa shape index (κ3) is 2.91. The van der Waals surface area contributed by atoms with Gasteiger partial charge in [-0.3, -0.25) is 15.0 Å². The van der Waals surface area contributed by atoms with E-state index in [1.54, 1.807) is 18.6 Å². The Balaban J connectivity index is 0.00000181. The molecule has 0 amide bonds. The molecule has 0 aliphatic carbocycles. The predicted molar refractivity (Wildman–Crippen MR) is 111 cm³/mol. The van der Waals surface area contributed by atoms with Crippen molar-refractivity contribution in [3.05, 3.63) is 85.3 Å². The number of pyridine rings is 4. The molecular weight excluding hydrogens is 433 g/mol. The van der Waals surface area contributed by atoms with E-state index < -0.39 is 0 Å². The van der Waals surface area contributed by atoms with Gasteiger partial charge in [0, 0.05) is 73.2 Å². The van der Waals surface area contributed by atoms with Gasteiger partial charge in [0.1, 0.15) is 0 Å². The molecule has 4 nitrogen and oxygen atoms in total. The molecule has 29 heavy (non-hydrogen) atoms. The molecule has 133 valence electrons. The van der Waals surface area contributed by atoms with Gasteiger partial charge in [0.25, 0.3) is 0 Å². The van der Waals surface area contributed by atoms with Gasteiger partial charge in [-0.1, -0.05) is 35.7 Å². The van der Waals surface area contributed by atoms with E-state index in [0.717, 1.165) is 54.9 Å². The van der Waals surface area contributed by atoms with Gasteiger partial charge in [0.05, 0.1) is 5.52 Å². The van der Waals surface area contributed by atoms with Crippen molar-refractivity contribution in [2.24, 2.45) is 0 Å². The van der Waals surface area contributed by atoms with Gasteiger partial charge in [-0.15, -0.1) is 28.6 Å². The van der Waals surface area contributed by atoms with Gasteiger partial charge in [-0.2, -0.15) is 23.8 Å². The Morgan fingerprint density at radius 2 is 1.38 bits per heavy atom. The predicted octanol–water partition coefficient (Wildman–Crippen LogP) is 5.14. The fourth-order valence-electron chi connectivity index (χ4n) is 3.68. The Labute approximate surface area is 191 Å². The molecule has 6 rings (SSSR count). The summed E-state index contributed by atoms with van der Waals surface area (Å²) in [5.74, 6) is 0. The average molecular weight is 445 g/mol. The first kappa shape index (κ1) is 18.2. The third-order valence-corrected chi connectivity index (χ3v) is 4.97. The molecule has 0 saturated carbocycles. The fraction of sp³-hybridized carbons (Fsp3) is 0. The first-order valence-corrected chi connectivity index (χ1v) is 9.00. The molecule has 5 heteroatoms. The van der Waals surface area contributed by atoms with Gasteiger partial charge < -0.3 is 4.98 Å². The number of aromatic nitrogens is 4. The maximum absolute atomic E-state index is 4.93. The molecule has 2 aromatic carbocycles. The van der Waals surface area contributed by atoms with Crippen LogP contribution in [0.15, 0.2) is 73.2 Å². The number of hydrogen-bond acceptors (Lipinski definition) is 4. The van der Waals surface area contributed by atoms with Crippen LogP contribution < -0.4 is 0 Å². The Morgan fingerprint density at radius 1 is 0.655 bits per heavy atom. The summed E-state index contributed by atoms with van der Waals surface area (Å²) in [6.45, 7) is 0. The van der Waals surface area contributed by atoms with Crippen LogP contribution in [0.5, 0.6) is 0 Å². The van der Waals surface area contributed by atoms with Crippen LogP contribution in [0.25, 0.3) is 54.9 Å². The van der Waals surface area contributed by atoms with E-state index in [4.69, 9.17) is 4.98 Å². The minimum Gasteiger partial charge on any atom is -0.324 e. The van der Waals surface area contributed by atoms with Crippen LogP contribution >= 0.6 is 0 Å². The van der Waals surface area contributed by atoms with Crippen molar-refractivity contribution in [2.45, 2.75) is 0 Å². The molecule has 0 spiro atoms. The summed E-state index contributed by atoms with van der Waals surface area (Å²) in [5, 5.41) is 3.96. The molecule has 4 heterocycles. The third-order valence-electron chi connectivity index (χ3n) is 4.97. The number of rotatable bonds is 1. The van der Waals surface area contributed by atoms with Crippen molar-refractivity contribution in [1.82, 2.24) is 19.9 Å². The molecule has 0 saturated heterocycles. The zero-order valence-electron chi connectivity index (χ0n) is 15.3. The summed E-state index contributed by atoms with van der Waals surface area (Å²) in [7, 11) is 0. The second kappa shape index (κ2) is 7.21. The van der Waals surface area contributed by atoms with E-state index in [-0.39, 0.29) is 32.7 Å². The van der Waals surface area contributed by atoms with E-state index in [0.29, 0.717) is 0 Å². The van der Waals surface area contributed by atoms with Crippen molar-refractivity contribution in [1.29, 1.82) is 0 Å². The van der Waals surface area contributed by atoms with Gasteiger partial charge >= 0.3 is 0 Å². The topological polar surface area (TPSA) is 51.6 Å². The van der Waals surface area contributed by atoms with Crippen LogP contribution in [0.1, 0.15) is 0 Å². The molecule has 0 unspecified atom stereocenters. The zero-order chi connectivity index (χ0) is 18.5. The average Bonchev–Trinajstić information content (AvgIpc) is 2.78. The van der Waals surface area contributed by atoms with Crippen LogP contribution in [0.3, 0.4) is 0 Å². The molecule has 0 N–H and O–H groups in total. The number of fused-ring (bicyclic) bond motifs is 6. The second-order valence-corrected chi connectivity index (χ2v) is 6.63. The largest absolute Gasteiger partial charge is 0.324 e. The smallest absolute Gasteiger partial charge is 0.0831 e. The van der Waals surface area contributed by atoms with Crippen LogP contribution in [0, 0.1) is 12.1 Å². The minimum absolute atomic E-state index is 0. The van der Waals surface area contributed by atoms with Gasteiger partial charge in [-0.25, -0.2) is 0 Å². The van der Waals surface area contributed by atoms with Crippen molar-refractivity contribution < 1.29 is 32.7 Å². The van der Waals surface area contributed by atoms with Crippen LogP contribution in [-0.2, 0) is 32.7 Å².